The molecule has 0 saturated heterocycles. The summed E-state index contributed by atoms with van der Waals surface area (Å²) >= 11 is 0. The lowest BCUT2D eigenvalue weighted by molar-refractivity contribution is 0.0599. The lowest BCUT2D eigenvalue weighted by Crippen LogP contribution is -2.29. The van der Waals surface area contributed by atoms with Gasteiger partial charge in [-0.2, -0.15) is 0 Å². The minimum atomic E-state index is -0.467. The van der Waals surface area contributed by atoms with E-state index in [1.54, 1.807) is 31.2 Å². The number of esters is 1. The number of carbonyl (C=O) groups excluding carboxylic acids is 3. The highest BCUT2D eigenvalue weighted by Gasteiger charge is 2.37. The van der Waals surface area contributed by atoms with Gasteiger partial charge < -0.3 is 4.74 Å². The van der Waals surface area contributed by atoms with Crippen molar-refractivity contribution < 1.29 is 19.1 Å². The van der Waals surface area contributed by atoms with Crippen LogP contribution in [0.3, 0.4) is 0 Å². The number of rotatable bonds is 2. The third-order valence-corrected chi connectivity index (χ3v) is 3.52. The largest absolute Gasteiger partial charge is 0.465 e. The van der Waals surface area contributed by atoms with Crippen molar-refractivity contribution in [3.05, 3.63) is 58.9 Å². The molecule has 1 aromatic heterocycles. The van der Waals surface area contributed by atoms with Crippen molar-refractivity contribution in [2.75, 3.05) is 12.0 Å². The average Bonchev–Trinajstić information content (AvgIpc) is 2.78. The number of hydrogen-bond acceptors (Lipinski definition) is 5. The Morgan fingerprint density at radius 3 is 2.59 bits per heavy atom. The highest BCUT2D eigenvalue weighted by molar-refractivity contribution is 6.33. The van der Waals surface area contributed by atoms with Crippen molar-refractivity contribution in [1.82, 2.24) is 4.98 Å². The molecule has 3 rings (SSSR count). The van der Waals surface area contributed by atoms with E-state index in [1.807, 2.05) is 0 Å². The Kier molecular flexibility index (Phi) is 3.21. The van der Waals surface area contributed by atoms with E-state index >= 15 is 0 Å². The molecule has 0 unspecified atom stereocenters. The Bertz CT molecular complexity index is 779. The van der Waals surface area contributed by atoms with Crippen LogP contribution in [0.1, 0.15) is 36.8 Å². The smallest absolute Gasteiger partial charge is 0.338 e. The summed E-state index contributed by atoms with van der Waals surface area (Å²) in [5.74, 6) is -1.35. The number of benzene rings is 1. The lowest BCUT2D eigenvalue weighted by atomic mass is 10.1. The van der Waals surface area contributed by atoms with Gasteiger partial charge in [-0.15, -0.1) is 0 Å². The molecule has 1 aliphatic heterocycles. The molecule has 0 atom stereocenters. The van der Waals surface area contributed by atoms with E-state index in [4.69, 9.17) is 0 Å². The molecule has 0 N–H and O–H groups in total. The highest BCUT2D eigenvalue weighted by Crippen LogP contribution is 2.28. The minimum absolute atomic E-state index is 0.141. The van der Waals surface area contributed by atoms with Gasteiger partial charge in [0, 0.05) is 6.20 Å². The highest BCUT2D eigenvalue weighted by atomic mass is 16.5. The van der Waals surface area contributed by atoms with Crippen LogP contribution in [0.25, 0.3) is 0 Å². The number of ether oxygens (including phenoxy) is 1. The van der Waals surface area contributed by atoms with E-state index in [1.165, 1.54) is 19.4 Å². The number of anilines is 1. The van der Waals surface area contributed by atoms with Gasteiger partial charge in [-0.1, -0.05) is 0 Å². The Morgan fingerprint density at radius 1 is 1.18 bits per heavy atom. The van der Waals surface area contributed by atoms with Crippen molar-refractivity contribution in [1.29, 1.82) is 0 Å². The normalized spacial score (nSPS) is 13.3. The van der Waals surface area contributed by atoms with E-state index in [0.717, 1.165) is 4.90 Å². The summed E-state index contributed by atoms with van der Waals surface area (Å²) in [5.41, 5.74) is 1.83. The average molecular weight is 296 g/mol. The summed E-state index contributed by atoms with van der Waals surface area (Å²) in [7, 11) is 1.30. The fourth-order valence-corrected chi connectivity index (χ4v) is 2.43. The van der Waals surface area contributed by atoms with E-state index in [0.29, 0.717) is 16.8 Å². The van der Waals surface area contributed by atoms with Crippen molar-refractivity contribution in [2.24, 2.45) is 0 Å². The molecule has 2 amide bonds. The van der Waals surface area contributed by atoms with Gasteiger partial charge in [0.05, 0.1) is 23.9 Å². The monoisotopic (exact) mass is 296 g/mol. The number of aryl methyl sites for hydroxylation is 1. The van der Waals surface area contributed by atoms with Gasteiger partial charge in [0.2, 0.25) is 0 Å². The summed E-state index contributed by atoms with van der Waals surface area (Å²) in [6.07, 6.45) is 1.47. The number of pyridine rings is 1. The number of aromatic nitrogens is 1. The second-order valence-electron chi connectivity index (χ2n) is 4.84. The third-order valence-electron chi connectivity index (χ3n) is 3.52. The number of hydrogen-bond donors (Lipinski definition) is 0. The number of carbonyl (C=O) groups is 3. The Balaban J connectivity index is 2.03. The van der Waals surface area contributed by atoms with Gasteiger partial charge in [0.1, 0.15) is 5.69 Å². The molecule has 1 aliphatic rings. The molecule has 6 nitrogen and oxygen atoms in total. The first-order chi connectivity index (χ1) is 10.5. The van der Waals surface area contributed by atoms with Crippen LogP contribution < -0.4 is 4.90 Å². The number of methoxy groups -OCH3 is 1. The molecule has 0 bridgehead atoms. The Morgan fingerprint density at radius 2 is 1.95 bits per heavy atom. The maximum atomic E-state index is 12.4. The van der Waals surface area contributed by atoms with Crippen molar-refractivity contribution in [3.8, 4) is 0 Å². The van der Waals surface area contributed by atoms with Crippen molar-refractivity contribution in [3.63, 3.8) is 0 Å². The zero-order valence-electron chi connectivity index (χ0n) is 12.0. The summed E-state index contributed by atoms with van der Waals surface area (Å²) < 4.78 is 4.68. The number of fused-ring (bicyclic) bond motifs is 1. The maximum Gasteiger partial charge on any atom is 0.338 e. The molecule has 110 valence electrons. The summed E-state index contributed by atoms with van der Waals surface area (Å²) in [6.45, 7) is 1.71. The first kappa shape index (κ1) is 13.9. The molecule has 0 spiro atoms. The lowest BCUT2D eigenvalue weighted by Gasteiger charge is -2.15. The molecule has 0 radical (unpaired) electrons. The molecule has 2 heterocycles. The fraction of sp³-hybridized carbons (Fsp3) is 0.125. The summed E-state index contributed by atoms with van der Waals surface area (Å²) in [6, 6.07) is 7.86. The second-order valence-corrected chi connectivity index (χ2v) is 4.84. The fourth-order valence-electron chi connectivity index (χ4n) is 2.43. The van der Waals surface area contributed by atoms with Crippen LogP contribution in [0.15, 0.2) is 36.5 Å². The molecule has 0 aliphatic carbocycles. The van der Waals surface area contributed by atoms with Gasteiger partial charge in [-0.25, -0.2) is 9.69 Å². The van der Waals surface area contributed by atoms with E-state index < -0.39 is 17.8 Å². The van der Waals surface area contributed by atoms with Crippen LogP contribution in [-0.4, -0.2) is 29.9 Å². The SMILES string of the molecule is COC(=O)c1ccc(N2C(=O)c3cccnc3C2=O)cc1C. The second kappa shape index (κ2) is 5.07. The first-order valence-corrected chi connectivity index (χ1v) is 6.57. The van der Waals surface area contributed by atoms with Gasteiger partial charge in [0.25, 0.3) is 11.8 Å². The van der Waals surface area contributed by atoms with E-state index in [-0.39, 0.29) is 11.3 Å². The molecule has 6 heteroatoms. The first-order valence-electron chi connectivity index (χ1n) is 6.57. The van der Waals surface area contributed by atoms with Crippen molar-refractivity contribution in [2.45, 2.75) is 6.92 Å². The third kappa shape index (κ3) is 1.96. The van der Waals surface area contributed by atoms with E-state index in [2.05, 4.69) is 9.72 Å². The molecule has 22 heavy (non-hydrogen) atoms. The van der Waals surface area contributed by atoms with Crippen LogP contribution in [0.4, 0.5) is 5.69 Å². The summed E-state index contributed by atoms with van der Waals surface area (Å²) in [4.78, 5) is 41.3. The van der Waals surface area contributed by atoms with Crippen molar-refractivity contribution >= 4 is 23.5 Å². The van der Waals surface area contributed by atoms with Gasteiger partial charge in [0.15, 0.2) is 0 Å². The number of amides is 2. The Hall–Kier alpha value is -3.02. The molecule has 2 aromatic rings. The molecule has 1 aromatic carbocycles. The summed E-state index contributed by atoms with van der Waals surface area (Å²) in [5, 5.41) is 0. The van der Waals surface area contributed by atoms with E-state index in [9.17, 15) is 14.4 Å². The van der Waals surface area contributed by atoms with Gasteiger partial charge in [-0.05, 0) is 42.8 Å². The Labute approximate surface area is 126 Å². The standard InChI is InChI=1S/C16H12N2O4/c1-9-8-10(5-6-11(9)16(21)22-2)18-14(19)12-4-3-7-17-13(12)15(18)20/h3-8H,1-2H3. The maximum absolute atomic E-state index is 12.4. The zero-order chi connectivity index (χ0) is 15.9. The predicted molar refractivity (Wildman–Crippen MR) is 77.9 cm³/mol. The van der Waals surface area contributed by atoms with Crippen LogP contribution in [0.5, 0.6) is 0 Å². The topological polar surface area (TPSA) is 76.6 Å². The molecular weight excluding hydrogens is 284 g/mol. The number of nitrogens with zero attached hydrogens (tertiary/aromatic N) is 2. The van der Waals surface area contributed by atoms with Crippen LogP contribution >= 0.6 is 0 Å². The van der Waals surface area contributed by atoms with Gasteiger partial charge >= 0.3 is 5.97 Å². The van der Waals surface area contributed by atoms with Crippen LogP contribution in [-0.2, 0) is 4.74 Å². The molecular formula is C16H12N2O4. The molecule has 0 saturated carbocycles. The number of imide groups is 1. The minimum Gasteiger partial charge on any atom is -0.465 e. The quantitative estimate of drug-likeness (QED) is 0.625. The van der Waals surface area contributed by atoms with Crippen LogP contribution in [0, 0.1) is 6.92 Å². The van der Waals surface area contributed by atoms with Crippen LogP contribution in [0.2, 0.25) is 0 Å². The zero-order valence-corrected chi connectivity index (χ0v) is 12.0. The van der Waals surface area contributed by atoms with Gasteiger partial charge in [-0.3, -0.25) is 14.6 Å². The predicted octanol–water partition coefficient (Wildman–Crippen LogP) is 1.98. The molecule has 0 fully saturated rings.